The van der Waals surface area contributed by atoms with Crippen LogP contribution in [0.25, 0.3) is 0 Å². The fourth-order valence-electron chi connectivity index (χ4n) is 4.97. The molecular weight excluding hydrogens is 184 g/mol. The van der Waals surface area contributed by atoms with Crippen LogP contribution in [-0.4, -0.2) is 5.78 Å². The summed E-state index contributed by atoms with van der Waals surface area (Å²) in [7, 11) is 0. The van der Waals surface area contributed by atoms with E-state index in [0.29, 0.717) is 17.1 Å². The van der Waals surface area contributed by atoms with Crippen LogP contribution >= 0.6 is 0 Å². The van der Waals surface area contributed by atoms with Crippen LogP contribution in [0.4, 0.5) is 0 Å². The first-order chi connectivity index (χ1) is 7.09. The average Bonchev–Trinajstić information content (AvgIpc) is 2.75. The molecule has 0 heterocycles. The lowest BCUT2D eigenvalue weighted by molar-refractivity contribution is -0.119. The van der Waals surface area contributed by atoms with Gasteiger partial charge in [-0.05, 0) is 48.3 Å². The van der Waals surface area contributed by atoms with Crippen LogP contribution in [-0.2, 0) is 4.79 Å². The molecule has 3 aliphatic rings. The van der Waals surface area contributed by atoms with Crippen molar-refractivity contribution in [1.29, 1.82) is 0 Å². The Hall–Kier alpha value is -0.330. The molecule has 5 atom stereocenters. The van der Waals surface area contributed by atoms with Gasteiger partial charge in [0.15, 0.2) is 0 Å². The zero-order valence-electron chi connectivity index (χ0n) is 10.1. The molecule has 3 rings (SSSR count). The number of ketones is 1. The number of carbonyl (C=O) groups is 1. The maximum Gasteiger partial charge on any atom is 0.136 e. The second-order valence-electron chi connectivity index (χ2n) is 6.47. The highest BCUT2D eigenvalue weighted by Crippen LogP contribution is 2.76. The summed E-state index contributed by atoms with van der Waals surface area (Å²) in [5, 5.41) is 0. The van der Waals surface area contributed by atoms with Crippen molar-refractivity contribution < 1.29 is 4.79 Å². The van der Waals surface area contributed by atoms with Crippen molar-refractivity contribution in [2.45, 2.75) is 46.5 Å². The maximum absolute atomic E-state index is 11.9. The molecule has 3 fully saturated rings. The van der Waals surface area contributed by atoms with Gasteiger partial charge in [0.25, 0.3) is 0 Å². The molecule has 0 radical (unpaired) electrons. The van der Waals surface area contributed by atoms with E-state index in [9.17, 15) is 4.79 Å². The third-order valence-electron chi connectivity index (χ3n) is 5.77. The van der Waals surface area contributed by atoms with Crippen LogP contribution in [0, 0.1) is 35.0 Å². The highest BCUT2D eigenvalue weighted by Gasteiger charge is 2.75. The first-order valence-electron chi connectivity index (χ1n) is 6.61. The normalized spacial score (nSPS) is 52.9. The van der Waals surface area contributed by atoms with Crippen LogP contribution in [0.2, 0.25) is 0 Å². The van der Waals surface area contributed by atoms with Crippen molar-refractivity contribution in [2.75, 3.05) is 0 Å². The van der Waals surface area contributed by atoms with E-state index in [-0.39, 0.29) is 0 Å². The van der Waals surface area contributed by atoms with Crippen LogP contribution in [0.3, 0.4) is 0 Å². The van der Waals surface area contributed by atoms with Gasteiger partial charge in [0.05, 0.1) is 0 Å². The lowest BCUT2D eigenvalue weighted by Crippen LogP contribution is -2.27. The number of hydrogen-bond acceptors (Lipinski definition) is 1. The topological polar surface area (TPSA) is 17.1 Å². The molecule has 0 aliphatic heterocycles. The van der Waals surface area contributed by atoms with Gasteiger partial charge in [-0.1, -0.05) is 20.8 Å². The summed E-state index contributed by atoms with van der Waals surface area (Å²) in [5.41, 5.74) is 0.490. The Kier molecular flexibility index (Phi) is 1.88. The van der Waals surface area contributed by atoms with E-state index < -0.39 is 0 Å². The van der Waals surface area contributed by atoms with E-state index in [1.807, 2.05) is 0 Å². The number of rotatable bonds is 1. The molecule has 0 saturated heterocycles. The highest BCUT2D eigenvalue weighted by atomic mass is 16.1. The number of carbonyl (C=O) groups excluding carboxylic acids is 1. The first-order valence-corrected chi connectivity index (χ1v) is 6.61. The van der Waals surface area contributed by atoms with E-state index in [1.165, 1.54) is 19.3 Å². The fourth-order valence-corrected chi connectivity index (χ4v) is 4.97. The van der Waals surface area contributed by atoms with E-state index in [1.54, 1.807) is 0 Å². The van der Waals surface area contributed by atoms with Crippen molar-refractivity contribution in [1.82, 2.24) is 0 Å². The summed E-state index contributed by atoms with van der Waals surface area (Å²) in [6.45, 7) is 7.07. The molecule has 0 N–H and O–H groups in total. The number of hydrogen-bond donors (Lipinski definition) is 0. The Bertz CT molecular complexity index is 306. The van der Waals surface area contributed by atoms with Gasteiger partial charge >= 0.3 is 0 Å². The summed E-state index contributed by atoms with van der Waals surface area (Å²) in [6.07, 6.45) is 4.83. The van der Waals surface area contributed by atoms with Gasteiger partial charge in [-0.25, -0.2) is 0 Å². The molecule has 0 aromatic rings. The predicted octanol–water partition coefficient (Wildman–Crippen LogP) is 3.28. The standard InChI is InChI=1S/C14H22O/c1-8(2)10-5-4-9(3)14-7-6-11(15)13(14)12(10)14/h8-10,12-13H,4-7H2,1-3H3/t9-,10+,12+,13+,14-/m1/s1. The molecule has 3 saturated carbocycles. The van der Waals surface area contributed by atoms with Crippen LogP contribution in [0.1, 0.15) is 46.5 Å². The molecule has 0 bridgehead atoms. The summed E-state index contributed by atoms with van der Waals surface area (Å²) in [5.74, 6) is 4.30. The van der Waals surface area contributed by atoms with E-state index in [4.69, 9.17) is 0 Å². The predicted molar refractivity (Wildman–Crippen MR) is 60.4 cm³/mol. The molecule has 0 aromatic heterocycles. The zero-order chi connectivity index (χ0) is 10.8. The third kappa shape index (κ3) is 1.02. The number of fused-ring (bicyclic) bond motifs is 1. The lowest BCUT2D eigenvalue weighted by atomic mass is 9.70. The second kappa shape index (κ2) is 2.87. The van der Waals surface area contributed by atoms with E-state index in [2.05, 4.69) is 20.8 Å². The molecule has 3 aliphatic carbocycles. The molecule has 1 nitrogen and oxygen atoms in total. The third-order valence-corrected chi connectivity index (χ3v) is 5.77. The first kappa shape index (κ1) is 9.86. The molecule has 15 heavy (non-hydrogen) atoms. The molecule has 0 aromatic carbocycles. The second-order valence-corrected chi connectivity index (χ2v) is 6.47. The molecule has 1 heteroatoms. The summed E-state index contributed by atoms with van der Waals surface area (Å²) in [4.78, 5) is 11.9. The minimum atomic E-state index is 0.488. The summed E-state index contributed by atoms with van der Waals surface area (Å²) >= 11 is 0. The smallest absolute Gasteiger partial charge is 0.136 e. The van der Waals surface area contributed by atoms with Crippen LogP contribution < -0.4 is 0 Å². The van der Waals surface area contributed by atoms with Crippen molar-refractivity contribution in [2.24, 2.45) is 35.0 Å². The van der Waals surface area contributed by atoms with Gasteiger partial charge in [0.1, 0.15) is 5.78 Å². The fraction of sp³-hybridized carbons (Fsp3) is 0.929. The van der Waals surface area contributed by atoms with Gasteiger partial charge in [-0.2, -0.15) is 0 Å². The van der Waals surface area contributed by atoms with Crippen molar-refractivity contribution in [3.05, 3.63) is 0 Å². The van der Waals surface area contributed by atoms with Crippen molar-refractivity contribution in [3.8, 4) is 0 Å². The van der Waals surface area contributed by atoms with Crippen molar-refractivity contribution >= 4 is 5.78 Å². The Labute approximate surface area is 92.6 Å². The van der Waals surface area contributed by atoms with Gasteiger partial charge in [0.2, 0.25) is 0 Å². The molecule has 0 amide bonds. The van der Waals surface area contributed by atoms with Gasteiger partial charge in [-0.15, -0.1) is 0 Å². The lowest BCUT2D eigenvalue weighted by Gasteiger charge is -2.35. The van der Waals surface area contributed by atoms with Crippen molar-refractivity contribution in [3.63, 3.8) is 0 Å². The average molecular weight is 206 g/mol. The molecule has 1 spiro atoms. The molecule has 84 valence electrons. The van der Waals surface area contributed by atoms with E-state index >= 15 is 0 Å². The quantitative estimate of drug-likeness (QED) is 0.643. The largest absolute Gasteiger partial charge is 0.299 e. The minimum Gasteiger partial charge on any atom is -0.299 e. The Morgan fingerprint density at radius 2 is 2.07 bits per heavy atom. The molecule has 0 unspecified atom stereocenters. The number of Topliss-reactive ketones (excluding diaryl/α,β-unsaturated/α-hetero) is 1. The van der Waals surface area contributed by atoms with Crippen LogP contribution in [0.5, 0.6) is 0 Å². The monoisotopic (exact) mass is 206 g/mol. The van der Waals surface area contributed by atoms with Crippen LogP contribution in [0.15, 0.2) is 0 Å². The van der Waals surface area contributed by atoms with E-state index in [0.717, 1.165) is 30.1 Å². The zero-order valence-corrected chi connectivity index (χ0v) is 10.1. The maximum atomic E-state index is 11.9. The Balaban J connectivity index is 1.91. The Morgan fingerprint density at radius 3 is 2.73 bits per heavy atom. The van der Waals surface area contributed by atoms with Gasteiger partial charge in [0, 0.05) is 12.3 Å². The summed E-state index contributed by atoms with van der Waals surface area (Å²) in [6, 6.07) is 0. The minimum absolute atomic E-state index is 0.488. The van der Waals surface area contributed by atoms with Gasteiger partial charge < -0.3 is 0 Å². The van der Waals surface area contributed by atoms with Gasteiger partial charge in [-0.3, -0.25) is 4.79 Å². The Morgan fingerprint density at radius 1 is 1.33 bits per heavy atom. The SMILES string of the molecule is CC(C)[C@@H]1CC[C@@H](C)[C@@]23CCC(=O)[C@H]2[C@H]13. The highest BCUT2D eigenvalue weighted by molar-refractivity contribution is 5.88. The summed E-state index contributed by atoms with van der Waals surface area (Å²) < 4.78 is 0. The molecular formula is C14H22O.